The van der Waals surface area contributed by atoms with Crippen LogP contribution in [0.2, 0.25) is 0 Å². The highest BCUT2D eigenvalue weighted by atomic mass is 16.5. The van der Waals surface area contributed by atoms with Crippen molar-refractivity contribution >= 4 is 16.9 Å². The summed E-state index contributed by atoms with van der Waals surface area (Å²) in [5, 5.41) is 8.87. The Morgan fingerprint density at radius 2 is 1.63 bits per heavy atom. The Bertz CT molecular complexity index is 958. The molecule has 2 aromatic heterocycles. The van der Waals surface area contributed by atoms with E-state index in [1.807, 2.05) is 33.0 Å². The van der Waals surface area contributed by atoms with Gasteiger partial charge in [0.15, 0.2) is 17.1 Å². The van der Waals surface area contributed by atoms with Crippen molar-refractivity contribution in [2.75, 3.05) is 26.6 Å². The van der Waals surface area contributed by atoms with E-state index in [2.05, 4.69) is 27.3 Å². The molecule has 0 fully saturated rings. The Kier molecular flexibility index (Phi) is 5.07. The molecule has 8 heteroatoms. The predicted molar refractivity (Wildman–Crippen MR) is 104 cm³/mol. The molecule has 0 aliphatic heterocycles. The number of nitrogens with one attached hydrogen (secondary N) is 1. The summed E-state index contributed by atoms with van der Waals surface area (Å²) in [6, 6.07) is 3.80. The Morgan fingerprint density at radius 1 is 1.00 bits per heavy atom. The van der Waals surface area contributed by atoms with Gasteiger partial charge in [0.05, 0.1) is 38.5 Å². The first-order chi connectivity index (χ1) is 12.9. The molecule has 0 amide bonds. The van der Waals surface area contributed by atoms with E-state index in [0.717, 1.165) is 28.1 Å². The van der Waals surface area contributed by atoms with Crippen LogP contribution >= 0.6 is 0 Å². The number of anilines is 1. The fourth-order valence-electron chi connectivity index (χ4n) is 3.19. The summed E-state index contributed by atoms with van der Waals surface area (Å²) in [5.41, 5.74) is 2.67. The van der Waals surface area contributed by atoms with Crippen LogP contribution in [0, 0.1) is 13.8 Å². The third-order valence-electron chi connectivity index (χ3n) is 4.51. The molecule has 0 radical (unpaired) electrons. The maximum Gasteiger partial charge on any atom is 0.203 e. The van der Waals surface area contributed by atoms with Crippen LogP contribution in [0.1, 0.15) is 30.0 Å². The number of benzene rings is 1. The fraction of sp³-hybridized carbons (Fsp3) is 0.421. The molecule has 0 bridgehead atoms. The standard InChI is InChI=1S/C19H25N5O3/c1-10(13-8-14(25-5)17(27-7)15(9-13)26-6)20-18-16-11(2)23-24(4)19(16)22-12(3)21-18/h8-10H,1-7H3,(H,20,21,22)/t10-/m1/s1. The van der Waals surface area contributed by atoms with Crippen LogP contribution in [-0.4, -0.2) is 41.1 Å². The Hall–Kier alpha value is -3.03. The number of rotatable bonds is 6. The van der Waals surface area contributed by atoms with E-state index < -0.39 is 0 Å². The fourth-order valence-corrected chi connectivity index (χ4v) is 3.19. The summed E-state index contributed by atoms with van der Waals surface area (Å²) in [6.07, 6.45) is 0. The van der Waals surface area contributed by atoms with E-state index in [-0.39, 0.29) is 6.04 Å². The topological polar surface area (TPSA) is 83.3 Å². The number of hydrogen-bond acceptors (Lipinski definition) is 7. The van der Waals surface area contributed by atoms with Crippen molar-refractivity contribution in [3.05, 3.63) is 29.2 Å². The van der Waals surface area contributed by atoms with Gasteiger partial charge in [-0.25, -0.2) is 9.97 Å². The molecular formula is C19H25N5O3. The van der Waals surface area contributed by atoms with Gasteiger partial charge in [0.2, 0.25) is 5.75 Å². The Labute approximate surface area is 158 Å². The van der Waals surface area contributed by atoms with Gasteiger partial charge >= 0.3 is 0 Å². The van der Waals surface area contributed by atoms with Crippen LogP contribution in [0.4, 0.5) is 5.82 Å². The lowest BCUT2D eigenvalue weighted by Crippen LogP contribution is -2.10. The average molecular weight is 371 g/mol. The van der Waals surface area contributed by atoms with Crippen LogP contribution in [0.25, 0.3) is 11.0 Å². The largest absolute Gasteiger partial charge is 0.493 e. The average Bonchev–Trinajstić information content (AvgIpc) is 2.93. The van der Waals surface area contributed by atoms with E-state index in [9.17, 15) is 0 Å². The minimum absolute atomic E-state index is 0.0594. The molecule has 0 unspecified atom stereocenters. The first-order valence-electron chi connectivity index (χ1n) is 8.64. The van der Waals surface area contributed by atoms with Gasteiger partial charge < -0.3 is 19.5 Å². The number of ether oxygens (including phenoxy) is 3. The summed E-state index contributed by atoms with van der Waals surface area (Å²) in [4.78, 5) is 9.10. The molecule has 1 atom stereocenters. The van der Waals surface area contributed by atoms with E-state index in [4.69, 9.17) is 14.2 Å². The van der Waals surface area contributed by atoms with Crippen molar-refractivity contribution < 1.29 is 14.2 Å². The summed E-state index contributed by atoms with van der Waals surface area (Å²) in [6.45, 7) is 5.88. The van der Waals surface area contributed by atoms with Crippen molar-refractivity contribution in [2.45, 2.75) is 26.8 Å². The number of methoxy groups -OCH3 is 3. The maximum absolute atomic E-state index is 5.46. The minimum Gasteiger partial charge on any atom is -0.493 e. The Balaban J connectivity index is 2.04. The summed E-state index contributed by atoms with van der Waals surface area (Å²) >= 11 is 0. The van der Waals surface area contributed by atoms with Crippen LogP contribution in [0.15, 0.2) is 12.1 Å². The van der Waals surface area contributed by atoms with Crippen molar-refractivity contribution in [2.24, 2.45) is 7.05 Å². The predicted octanol–water partition coefficient (Wildman–Crippen LogP) is 3.18. The molecule has 1 aromatic carbocycles. The molecule has 1 N–H and O–H groups in total. The number of aryl methyl sites for hydroxylation is 3. The minimum atomic E-state index is -0.0594. The molecule has 3 aromatic rings. The van der Waals surface area contributed by atoms with Gasteiger partial charge in [0.1, 0.15) is 11.6 Å². The molecule has 0 saturated carbocycles. The van der Waals surface area contributed by atoms with Gasteiger partial charge in [-0.3, -0.25) is 4.68 Å². The van der Waals surface area contributed by atoms with Crippen molar-refractivity contribution in [1.82, 2.24) is 19.7 Å². The molecule has 0 spiro atoms. The lowest BCUT2D eigenvalue weighted by Gasteiger charge is -2.19. The number of hydrogen-bond donors (Lipinski definition) is 1. The van der Waals surface area contributed by atoms with Crippen molar-refractivity contribution in [3.63, 3.8) is 0 Å². The first-order valence-corrected chi connectivity index (χ1v) is 8.64. The van der Waals surface area contributed by atoms with Crippen LogP contribution in [-0.2, 0) is 7.05 Å². The van der Waals surface area contributed by atoms with Crippen LogP contribution in [0.3, 0.4) is 0 Å². The highest BCUT2D eigenvalue weighted by Gasteiger charge is 2.19. The molecular weight excluding hydrogens is 346 g/mol. The van der Waals surface area contributed by atoms with Gasteiger partial charge in [-0.05, 0) is 38.5 Å². The molecule has 2 heterocycles. The quantitative estimate of drug-likeness (QED) is 0.712. The monoisotopic (exact) mass is 371 g/mol. The summed E-state index contributed by atoms with van der Waals surface area (Å²) in [7, 11) is 6.69. The molecule has 8 nitrogen and oxygen atoms in total. The molecule has 144 valence electrons. The van der Waals surface area contributed by atoms with Gasteiger partial charge in [-0.15, -0.1) is 0 Å². The van der Waals surface area contributed by atoms with Gasteiger partial charge in [0.25, 0.3) is 0 Å². The van der Waals surface area contributed by atoms with Crippen LogP contribution < -0.4 is 19.5 Å². The summed E-state index contributed by atoms with van der Waals surface area (Å²) < 4.78 is 18.1. The maximum atomic E-state index is 5.46. The van der Waals surface area contributed by atoms with E-state index >= 15 is 0 Å². The number of aromatic nitrogens is 4. The smallest absolute Gasteiger partial charge is 0.203 e. The lowest BCUT2D eigenvalue weighted by molar-refractivity contribution is 0.323. The van der Waals surface area contributed by atoms with Gasteiger partial charge in [-0.2, -0.15) is 5.10 Å². The molecule has 0 saturated heterocycles. The van der Waals surface area contributed by atoms with Gasteiger partial charge in [-0.1, -0.05) is 0 Å². The molecule has 27 heavy (non-hydrogen) atoms. The molecule has 0 aliphatic carbocycles. The second-order valence-corrected chi connectivity index (χ2v) is 6.35. The highest BCUT2D eigenvalue weighted by Crippen LogP contribution is 2.40. The van der Waals surface area contributed by atoms with Gasteiger partial charge in [0, 0.05) is 7.05 Å². The second kappa shape index (κ2) is 7.30. The zero-order valence-corrected chi connectivity index (χ0v) is 16.7. The van der Waals surface area contributed by atoms with Crippen LogP contribution in [0.5, 0.6) is 17.2 Å². The summed E-state index contributed by atoms with van der Waals surface area (Å²) in [5.74, 6) is 3.23. The zero-order valence-electron chi connectivity index (χ0n) is 16.7. The highest BCUT2D eigenvalue weighted by molar-refractivity contribution is 5.89. The second-order valence-electron chi connectivity index (χ2n) is 6.35. The van der Waals surface area contributed by atoms with E-state index in [1.54, 1.807) is 26.0 Å². The van der Waals surface area contributed by atoms with Crippen molar-refractivity contribution in [1.29, 1.82) is 0 Å². The number of nitrogens with zero attached hydrogens (tertiary/aromatic N) is 4. The van der Waals surface area contributed by atoms with E-state index in [0.29, 0.717) is 23.1 Å². The van der Waals surface area contributed by atoms with E-state index in [1.165, 1.54) is 0 Å². The normalized spacial score (nSPS) is 12.1. The third-order valence-corrected chi connectivity index (χ3v) is 4.51. The Morgan fingerprint density at radius 3 is 2.19 bits per heavy atom. The third kappa shape index (κ3) is 3.34. The molecule has 0 aliphatic rings. The zero-order chi connectivity index (χ0) is 19.7. The lowest BCUT2D eigenvalue weighted by atomic mass is 10.1. The molecule has 3 rings (SSSR count). The first kappa shape index (κ1) is 18.8. The van der Waals surface area contributed by atoms with Crippen molar-refractivity contribution in [3.8, 4) is 17.2 Å². The number of fused-ring (bicyclic) bond motifs is 1. The SMILES string of the molecule is COc1cc([C@@H](C)Nc2nc(C)nc3c2c(C)nn3C)cc(OC)c1OC.